The summed E-state index contributed by atoms with van der Waals surface area (Å²) in [5.41, 5.74) is 0.407. The Bertz CT molecular complexity index is 419. The van der Waals surface area contributed by atoms with E-state index in [2.05, 4.69) is 4.98 Å². The van der Waals surface area contributed by atoms with Gasteiger partial charge in [-0.3, -0.25) is 4.79 Å². The smallest absolute Gasteiger partial charge is 0.254 e. The van der Waals surface area contributed by atoms with E-state index in [1.54, 1.807) is 4.90 Å². The largest absolute Gasteiger partial charge is 0.391 e. The molecule has 0 aromatic carbocycles. The fourth-order valence-electron chi connectivity index (χ4n) is 1.91. The summed E-state index contributed by atoms with van der Waals surface area (Å²) in [5.74, 6) is -0.171. The molecule has 17 heavy (non-hydrogen) atoms. The molecule has 1 fully saturated rings. The zero-order valence-electron chi connectivity index (χ0n) is 9.07. The molecule has 4 nitrogen and oxygen atoms in total. The summed E-state index contributed by atoms with van der Waals surface area (Å²) in [4.78, 5) is 17.5. The summed E-state index contributed by atoms with van der Waals surface area (Å²) in [6.07, 6.45) is 1.10. The number of nitrogens with zero attached hydrogens (tertiary/aromatic N) is 2. The Hall–Kier alpha value is -0.840. The minimum atomic E-state index is -0.444. The Morgan fingerprint density at radius 3 is 2.65 bits per heavy atom. The third-order valence-corrected chi connectivity index (χ3v) is 3.08. The van der Waals surface area contributed by atoms with Crippen molar-refractivity contribution >= 4 is 29.1 Å². The van der Waals surface area contributed by atoms with E-state index in [1.807, 2.05) is 0 Å². The molecular weight excluding hydrogens is 263 g/mol. The number of aliphatic hydroxyl groups excluding tert-OH is 1. The third kappa shape index (κ3) is 3.09. The molecule has 2 rings (SSSR count). The van der Waals surface area contributed by atoms with Gasteiger partial charge in [0.25, 0.3) is 5.91 Å². The zero-order chi connectivity index (χ0) is 12.4. The quantitative estimate of drug-likeness (QED) is 0.797. The fraction of sp³-hybridized carbons (Fsp3) is 0.455. The maximum absolute atomic E-state index is 12.1. The topological polar surface area (TPSA) is 53.4 Å². The minimum absolute atomic E-state index is 0.171. The molecule has 1 aromatic heterocycles. The van der Waals surface area contributed by atoms with E-state index >= 15 is 0 Å². The lowest BCUT2D eigenvalue weighted by molar-refractivity contribution is 0.0473. The summed E-state index contributed by atoms with van der Waals surface area (Å²) in [6, 6.07) is 2.97. The second-order valence-electron chi connectivity index (χ2n) is 4.05. The zero-order valence-corrected chi connectivity index (χ0v) is 10.6. The number of aliphatic hydroxyl groups is 1. The lowest BCUT2D eigenvalue weighted by atomic mass is 10.1. The fourth-order valence-corrected chi connectivity index (χ4v) is 2.37. The van der Waals surface area contributed by atoms with Gasteiger partial charge < -0.3 is 10.0 Å². The highest BCUT2D eigenvalue weighted by Crippen LogP contribution is 2.18. The van der Waals surface area contributed by atoms with Gasteiger partial charge in [-0.15, -0.1) is 0 Å². The highest BCUT2D eigenvalue weighted by Gasteiger charge is 2.23. The van der Waals surface area contributed by atoms with Crippen LogP contribution in [0.5, 0.6) is 0 Å². The van der Waals surface area contributed by atoms with Crippen molar-refractivity contribution in [2.24, 2.45) is 0 Å². The lowest BCUT2D eigenvalue weighted by Gasteiger charge is -2.30. The van der Waals surface area contributed by atoms with E-state index in [4.69, 9.17) is 23.2 Å². The van der Waals surface area contributed by atoms with Crippen LogP contribution in [-0.4, -0.2) is 40.1 Å². The molecular formula is C11H12Cl2N2O2. The monoisotopic (exact) mass is 274 g/mol. The van der Waals surface area contributed by atoms with Gasteiger partial charge in [-0.1, -0.05) is 23.2 Å². The normalized spacial score (nSPS) is 20.4. The van der Waals surface area contributed by atoms with Crippen molar-refractivity contribution in [3.63, 3.8) is 0 Å². The van der Waals surface area contributed by atoms with Gasteiger partial charge in [-0.25, -0.2) is 4.98 Å². The van der Waals surface area contributed by atoms with Crippen molar-refractivity contribution in [2.75, 3.05) is 13.1 Å². The molecule has 1 atom stereocenters. The van der Waals surface area contributed by atoms with Gasteiger partial charge in [-0.2, -0.15) is 0 Å². The van der Waals surface area contributed by atoms with E-state index in [-0.39, 0.29) is 16.2 Å². The first-order chi connectivity index (χ1) is 8.06. The SMILES string of the molecule is O=C(c1cc(Cl)nc(Cl)c1)N1CCC[C@H](O)C1. The van der Waals surface area contributed by atoms with Crippen LogP contribution >= 0.6 is 23.2 Å². The average molecular weight is 275 g/mol. The molecule has 0 unspecified atom stereocenters. The Morgan fingerprint density at radius 1 is 1.41 bits per heavy atom. The van der Waals surface area contributed by atoms with Crippen molar-refractivity contribution in [3.05, 3.63) is 28.0 Å². The van der Waals surface area contributed by atoms with E-state index in [0.29, 0.717) is 18.7 Å². The van der Waals surface area contributed by atoms with Gasteiger partial charge in [-0.05, 0) is 25.0 Å². The van der Waals surface area contributed by atoms with E-state index in [0.717, 1.165) is 12.8 Å². The van der Waals surface area contributed by atoms with Crippen molar-refractivity contribution in [3.8, 4) is 0 Å². The number of rotatable bonds is 1. The number of pyridine rings is 1. The third-order valence-electron chi connectivity index (χ3n) is 2.69. The number of piperidine rings is 1. The number of hydrogen-bond donors (Lipinski definition) is 1. The molecule has 1 aliphatic heterocycles. The number of hydrogen-bond acceptors (Lipinski definition) is 3. The Kier molecular flexibility index (Phi) is 3.86. The van der Waals surface area contributed by atoms with Crippen LogP contribution in [0.25, 0.3) is 0 Å². The van der Waals surface area contributed by atoms with Crippen LogP contribution in [0.15, 0.2) is 12.1 Å². The number of likely N-dealkylation sites (tertiary alicyclic amines) is 1. The molecule has 2 heterocycles. The molecule has 0 bridgehead atoms. The summed E-state index contributed by atoms with van der Waals surface area (Å²) in [7, 11) is 0. The number of carbonyl (C=O) groups excluding carboxylic acids is 1. The first kappa shape index (κ1) is 12.6. The van der Waals surface area contributed by atoms with Crippen LogP contribution in [0, 0.1) is 0 Å². The average Bonchev–Trinajstić information content (AvgIpc) is 2.26. The molecule has 0 spiro atoms. The molecule has 92 valence electrons. The van der Waals surface area contributed by atoms with Crippen LogP contribution < -0.4 is 0 Å². The van der Waals surface area contributed by atoms with Crippen molar-refractivity contribution in [2.45, 2.75) is 18.9 Å². The van der Waals surface area contributed by atoms with Crippen molar-refractivity contribution < 1.29 is 9.90 Å². The second-order valence-corrected chi connectivity index (χ2v) is 4.82. The van der Waals surface area contributed by atoms with Gasteiger partial charge in [0.15, 0.2) is 0 Å². The predicted molar refractivity (Wildman–Crippen MR) is 65.4 cm³/mol. The number of amides is 1. The number of β-amino-alcohol motifs (C(OH)–C–C–N with tert-alkyl or cyclic N) is 1. The standard InChI is InChI=1S/C11H12Cl2N2O2/c12-9-4-7(5-10(13)14-9)11(17)15-3-1-2-8(16)6-15/h4-5,8,16H,1-3,6H2/t8-/m0/s1. The maximum Gasteiger partial charge on any atom is 0.254 e. The van der Waals surface area contributed by atoms with E-state index in [9.17, 15) is 9.90 Å². The summed E-state index contributed by atoms with van der Waals surface area (Å²) in [5, 5.41) is 9.91. The van der Waals surface area contributed by atoms with Crippen LogP contribution in [0.2, 0.25) is 10.3 Å². The molecule has 6 heteroatoms. The molecule has 1 amide bonds. The lowest BCUT2D eigenvalue weighted by Crippen LogP contribution is -2.42. The number of aromatic nitrogens is 1. The van der Waals surface area contributed by atoms with Gasteiger partial charge in [0.05, 0.1) is 6.10 Å². The van der Waals surface area contributed by atoms with Crippen molar-refractivity contribution in [1.29, 1.82) is 0 Å². The molecule has 1 saturated heterocycles. The Morgan fingerprint density at radius 2 is 2.06 bits per heavy atom. The van der Waals surface area contributed by atoms with Crippen LogP contribution in [-0.2, 0) is 0 Å². The molecule has 1 aromatic rings. The van der Waals surface area contributed by atoms with E-state index in [1.165, 1.54) is 12.1 Å². The maximum atomic E-state index is 12.1. The molecule has 1 aliphatic rings. The predicted octanol–water partition coefficient (Wildman–Crippen LogP) is 1.99. The van der Waals surface area contributed by atoms with Gasteiger partial charge in [0.1, 0.15) is 10.3 Å². The second kappa shape index (κ2) is 5.21. The summed E-state index contributed by atoms with van der Waals surface area (Å²) < 4.78 is 0. The van der Waals surface area contributed by atoms with Gasteiger partial charge >= 0.3 is 0 Å². The van der Waals surface area contributed by atoms with Crippen LogP contribution in [0.3, 0.4) is 0 Å². The van der Waals surface area contributed by atoms with Crippen LogP contribution in [0.4, 0.5) is 0 Å². The van der Waals surface area contributed by atoms with Crippen LogP contribution in [0.1, 0.15) is 23.2 Å². The summed E-state index contributed by atoms with van der Waals surface area (Å²) >= 11 is 11.5. The number of carbonyl (C=O) groups is 1. The Balaban J connectivity index is 2.18. The molecule has 0 saturated carbocycles. The molecule has 0 radical (unpaired) electrons. The minimum Gasteiger partial charge on any atom is -0.391 e. The van der Waals surface area contributed by atoms with Crippen molar-refractivity contribution in [1.82, 2.24) is 9.88 Å². The first-order valence-corrected chi connectivity index (χ1v) is 6.12. The molecule has 0 aliphatic carbocycles. The highest BCUT2D eigenvalue weighted by atomic mass is 35.5. The van der Waals surface area contributed by atoms with E-state index < -0.39 is 6.10 Å². The number of halogens is 2. The highest BCUT2D eigenvalue weighted by molar-refractivity contribution is 6.33. The molecule has 1 N–H and O–H groups in total. The first-order valence-electron chi connectivity index (χ1n) is 5.36. The Labute approximate surface area is 109 Å². The van der Waals surface area contributed by atoms with Gasteiger partial charge in [0.2, 0.25) is 0 Å². The van der Waals surface area contributed by atoms with Gasteiger partial charge in [0, 0.05) is 18.7 Å². The summed E-state index contributed by atoms with van der Waals surface area (Å²) in [6.45, 7) is 1.00.